The fourth-order valence-electron chi connectivity index (χ4n) is 2.32. The van der Waals surface area contributed by atoms with Gasteiger partial charge in [-0.2, -0.15) is 5.10 Å². The largest absolute Gasteiger partial charge is 0.323 e. The lowest BCUT2D eigenvalue weighted by molar-refractivity contribution is -0.116. The molecule has 0 radical (unpaired) electrons. The van der Waals surface area contributed by atoms with Crippen LogP contribution in [-0.4, -0.2) is 28.7 Å². The minimum absolute atomic E-state index is 0.0394. The number of benzene rings is 1. The second-order valence-electron chi connectivity index (χ2n) is 5.16. The van der Waals surface area contributed by atoms with Crippen LogP contribution in [0.4, 0.5) is 5.69 Å². The summed E-state index contributed by atoms with van der Waals surface area (Å²) >= 11 is 1.61. The number of hydrogen-bond acceptors (Lipinski definition) is 4. The average Bonchev–Trinajstić information content (AvgIpc) is 3.14. The Kier molecular flexibility index (Phi) is 4.31. The number of rotatable bonds is 4. The van der Waals surface area contributed by atoms with Gasteiger partial charge in [-0.15, -0.1) is 0 Å². The number of nitrogens with zero attached hydrogens (tertiary/aromatic N) is 1. The van der Waals surface area contributed by atoms with Crippen molar-refractivity contribution in [2.75, 3.05) is 11.9 Å². The Hall–Kier alpha value is -2.05. The van der Waals surface area contributed by atoms with E-state index in [1.54, 1.807) is 11.8 Å². The van der Waals surface area contributed by atoms with Crippen molar-refractivity contribution in [3.63, 3.8) is 0 Å². The summed E-state index contributed by atoms with van der Waals surface area (Å²) in [6.07, 6.45) is 3.85. The van der Waals surface area contributed by atoms with Crippen molar-refractivity contribution in [2.45, 2.75) is 29.7 Å². The molecule has 0 saturated heterocycles. The number of nitrogens with one attached hydrogen (secondary N) is 3. The number of para-hydroxylation sites is 1. The van der Waals surface area contributed by atoms with Crippen LogP contribution in [0.15, 0.2) is 46.2 Å². The topological polar surface area (TPSA) is 69.8 Å². The molecule has 5 nitrogen and oxygen atoms in total. The van der Waals surface area contributed by atoms with Gasteiger partial charge in [0.2, 0.25) is 5.91 Å². The lowest BCUT2D eigenvalue weighted by atomic mass is 10.2. The van der Waals surface area contributed by atoms with Gasteiger partial charge in [-0.1, -0.05) is 36.0 Å². The van der Waals surface area contributed by atoms with E-state index in [0.717, 1.165) is 33.4 Å². The molecule has 6 heteroatoms. The minimum atomic E-state index is -0.254. The molecule has 1 amide bonds. The van der Waals surface area contributed by atoms with Gasteiger partial charge in [0, 0.05) is 17.1 Å². The zero-order valence-corrected chi connectivity index (χ0v) is 13.3. The molecular formula is C16H18N4OS. The molecule has 0 unspecified atom stereocenters. The van der Waals surface area contributed by atoms with E-state index in [1.165, 1.54) is 0 Å². The Morgan fingerprint density at radius 3 is 2.86 bits per heavy atom. The third kappa shape index (κ3) is 3.08. The molecule has 1 aliphatic rings. The first kappa shape index (κ1) is 14.9. The van der Waals surface area contributed by atoms with Crippen LogP contribution in [0, 0.1) is 13.8 Å². The molecule has 1 atom stereocenters. The van der Waals surface area contributed by atoms with Gasteiger partial charge in [0.1, 0.15) is 6.04 Å². The Morgan fingerprint density at radius 1 is 1.36 bits per heavy atom. The van der Waals surface area contributed by atoms with Crippen LogP contribution in [-0.2, 0) is 4.79 Å². The second-order valence-corrected chi connectivity index (χ2v) is 6.22. The zero-order chi connectivity index (χ0) is 15.5. The number of aryl methyl sites for hydroxylation is 2. The number of amides is 1. The van der Waals surface area contributed by atoms with Gasteiger partial charge in [-0.25, -0.2) is 0 Å². The molecule has 0 aliphatic carbocycles. The highest BCUT2D eigenvalue weighted by molar-refractivity contribution is 7.99. The zero-order valence-electron chi connectivity index (χ0n) is 12.5. The fourth-order valence-corrected chi connectivity index (χ4v) is 3.31. The summed E-state index contributed by atoms with van der Waals surface area (Å²) in [6.45, 7) is 4.71. The standard InChI is InChI=1S/C16H18N4OS/c1-10-15(11(2)20-19-10)22-14-8-4-3-6-12(14)18-16(21)13-7-5-9-17-13/h3-8,13,17H,9H2,1-2H3,(H,18,21)(H,19,20)/t13-/m1/s1. The Labute approximate surface area is 133 Å². The number of anilines is 1. The van der Waals surface area contributed by atoms with Crippen molar-refractivity contribution >= 4 is 23.4 Å². The summed E-state index contributed by atoms with van der Waals surface area (Å²) < 4.78 is 0. The molecule has 1 aromatic carbocycles. The van der Waals surface area contributed by atoms with E-state index in [0.29, 0.717) is 0 Å². The fraction of sp³-hybridized carbons (Fsp3) is 0.250. The predicted octanol–water partition coefficient (Wildman–Crippen LogP) is 2.64. The maximum atomic E-state index is 12.3. The van der Waals surface area contributed by atoms with E-state index in [1.807, 2.05) is 50.3 Å². The van der Waals surface area contributed by atoms with Gasteiger partial charge in [0.15, 0.2) is 0 Å². The maximum absolute atomic E-state index is 12.3. The first-order chi connectivity index (χ1) is 10.6. The van der Waals surface area contributed by atoms with Crippen molar-refractivity contribution in [3.8, 4) is 0 Å². The quantitative estimate of drug-likeness (QED) is 0.759. The third-order valence-corrected chi connectivity index (χ3v) is 4.87. The van der Waals surface area contributed by atoms with E-state index >= 15 is 0 Å². The first-order valence-corrected chi connectivity index (χ1v) is 7.96. The highest BCUT2D eigenvalue weighted by Gasteiger charge is 2.19. The second kappa shape index (κ2) is 6.37. The number of carbonyl (C=O) groups is 1. The number of carbonyl (C=O) groups excluding carboxylic acids is 1. The molecule has 114 valence electrons. The van der Waals surface area contributed by atoms with Crippen molar-refractivity contribution in [1.29, 1.82) is 0 Å². The highest BCUT2D eigenvalue weighted by Crippen LogP contribution is 2.36. The molecule has 1 aliphatic heterocycles. The minimum Gasteiger partial charge on any atom is -0.323 e. The molecule has 0 fully saturated rings. The molecular weight excluding hydrogens is 296 g/mol. The highest BCUT2D eigenvalue weighted by atomic mass is 32.2. The lowest BCUT2D eigenvalue weighted by Gasteiger charge is -2.13. The van der Waals surface area contributed by atoms with Gasteiger partial charge in [-0.3, -0.25) is 15.2 Å². The Morgan fingerprint density at radius 2 is 2.18 bits per heavy atom. The lowest BCUT2D eigenvalue weighted by Crippen LogP contribution is -2.35. The average molecular weight is 314 g/mol. The van der Waals surface area contributed by atoms with Crippen molar-refractivity contribution in [3.05, 3.63) is 47.8 Å². The number of aromatic amines is 1. The van der Waals surface area contributed by atoms with Gasteiger partial charge in [-0.05, 0) is 26.0 Å². The summed E-state index contributed by atoms with van der Waals surface area (Å²) in [6, 6.07) is 7.56. The molecule has 2 aromatic rings. The first-order valence-electron chi connectivity index (χ1n) is 7.14. The molecule has 0 spiro atoms. The normalized spacial score (nSPS) is 16.9. The summed E-state index contributed by atoms with van der Waals surface area (Å²) in [5, 5.41) is 13.3. The van der Waals surface area contributed by atoms with Gasteiger partial charge in [0.25, 0.3) is 0 Å². The van der Waals surface area contributed by atoms with Crippen molar-refractivity contribution in [1.82, 2.24) is 15.5 Å². The molecule has 22 heavy (non-hydrogen) atoms. The Bertz CT molecular complexity index is 703. The molecule has 3 N–H and O–H groups in total. The van der Waals surface area contributed by atoms with Crippen molar-refractivity contribution < 1.29 is 4.79 Å². The Balaban J connectivity index is 1.81. The predicted molar refractivity (Wildman–Crippen MR) is 88.2 cm³/mol. The van der Waals surface area contributed by atoms with Crippen molar-refractivity contribution in [2.24, 2.45) is 0 Å². The monoisotopic (exact) mass is 314 g/mol. The summed E-state index contributed by atoms with van der Waals surface area (Å²) in [4.78, 5) is 14.4. The van der Waals surface area contributed by atoms with Crippen LogP contribution >= 0.6 is 11.8 Å². The summed E-state index contributed by atoms with van der Waals surface area (Å²) in [5.74, 6) is -0.0394. The number of hydrogen-bond donors (Lipinski definition) is 3. The summed E-state index contributed by atoms with van der Waals surface area (Å²) in [7, 11) is 0. The molecule has 3 rings (SSSR count). The van der Waals surface area contributed by atoms with E-state index in [-0.39, 0.29) is 11.9 Å². The number of aromatic nitrogens is 2. The van der Waals surface area contributed by atoms with Gasteiger partial charge in [0.05, 0.1) is 16.3 Å². The van der Waals surface area contributed by atoms with Crippen LogP contribution in [0.25, 0.3) is 0 Å². The van der Waals surface area contributed by atoms with Crippen LogP contribution in [0.2, 0.25) is 0 Å². The third-order valence-electron chi connectivity index (χ3n) is 3.48. The SMILES string of the molecule is Cc1n[nH]c(C)c1Sc1ccccc1NC(=O)[C@H]1C=CCN1. The maximum Gasteiger partial charge on any atom is 0.245 e. The van der Waals surface area contributed by atoms with E-state index in [9.17, 15) is 4.79 Å². The molecule has 2 heterocycles. The van der Waals surface area contributed by atoms with Crippen LogP contribution < -0.4 is 10.6 Å². The molecule has 0 bridgehead atoms. The van der Waals surface area contributed by atoms with Crippen LogP contribution in [0.1, 0.15) is 11.4 Å². The molecule has 1 aromatic heterocycles. The van der Waals surface area contributed by atoms with E-state index < -0.39 is 0 Å². The van der Waals surface area contributed by atoms with Gasteiger partial charge >= 0.3 is 0 Å². The smallest absolute Gasteiger partial charge is 0.245 e. The summed E-state index contributed by atoms with van der Waals surface area (Å²) in [5.41, 5.74) is 2.81. The molecule has 0 saturated carbocycles. The van der Waals surface area contributed by atoms with Crippen LogP contribution in [0.5, 0.6) is 0 Å². The van der Waals surface area contributed by atoms with E-state index in [4.69, 9.17) is 0 Å². The van der Waals surface area contributed by atoms with E-state index in [2.05, 4.69) is 20.8 Å². The van der Waals surface area contributed by atoms with Crippen LogP contribution in [0.3, 0.4) is 0 Å². The number of H-pyrrole nitrogens is 1. The van der Waals surface area contributed by atoms with Gasteiger partial charge < -0.3 is 5.32 Å².